The first-order valence-corrected chi connectivity index (χ1v) is 3.35. The topological polar surface area (TPSA) is 83.6 Å². The van der Waals surface area contributed by atoms with Crippen molar-refractivity contribution in [2.75, 3.05) is 0 Å². The van der Waals surface area contributed by atoms with Gasteiger partial charge in [0.25, 0.3) is 5.91 Å². The van der Waals surface area contributed by atoms with Gasteiger partial charge in [0.15, 0.2) is 11.5 Å². The Bertz CT molecular complexity index is 333. The van der Waals surface area contributed by atoms with E-state index in [9.17, 15) is 15.0 Å². The quantitative estimate of drug-likeness (QED) is 0.532. The first-order valence-electron chi connectivity index (χ1n) is 3.35. The van der Waals surface area contributed by atoms with Crippen LogP contribution in [0, 0.1) is 6.92 Å². The molecule has 4 N–H and O–H groups in total. The van der Waals surface area contributed by atoms with Gasteiger partial charge in [-0.25, -0.2) is 0 Å². The largest absolute Gasteiger partial charge is 0.504 e. The second-order valence-corrected chi connectivity index (χ2v) is 2.49. The molecule has 0 bridgehead atoms. The molecule has 1 aromatic rings. The van der Waals surface area contributed by atoms with E-state index in [4.69, 9.17) is 5.73 Å². The van der Waals surface area contributed by atoms with Crippen LogP contribution in [0.2, 0.25) is 0 Å². The van der Waals surface area contributed by atoms with Crippen molar-refractivity contribution in [3.63, 3.8) is 0 Å². The molecule has 0 unspecified atom stereocenters. The van der Waals surface area contributed by atoms with Crippen LogP contribution in [0.1, 0.15) is 15.9 Å². The van der Waals surface area contributed by atoms with Gasteiger partial charge in [-0.15, -0.1) is 0 Å². The zero-order chi connectivity index (χ0) is 9.30. The van der Waals surface area contributed by atoms with Crippen molar-refractivity contribution in [1.82, 2.24) is 0 Å². The molecule has 0 aromatic heterocycles. The van der Waals surface area contributed by atoms with Crippen molar-refractivity contribution in [3.05, 3.63) is 23.3 Å². The van der Waals surface area contributed by atoms with Crippen LogP contribution in [0.25, 0.3) is 0 Å². The second-order valence-electron chi connectivity index (χ2n) is 2.49. The van der Waals surface area contributed by atoms with Crippen LogP contribution in [-0.2, 0) is 0 Å². The maximum absolute atomic E-state index is 10.6. The van der Waals surface area contributed by atoms with Gasteiger partial charge in [0.2, 0.25) is 0 Å². The van der Waals surface area contributed by atoms with Crippen LogP contribution in [0.4, 0.5) is 0 Å². The molecule has 0 saturated heterocycles. The van der Waals surface area contributed by atoms with Crippen molar-refractivity contribution in [2.45, 2.75) is 6.92 Å². The maximum atomic E-state index is 10.6. The Labute approximate surface area is 69.3 Å². The molecule has 0 aliphatic carbocycles. The molecule has 1 amide bonds. The maximum Gasteiger partial charge on any atom is 0.252 e. The summed E-state index contributed by atoms with van der Waals surface area (Å²) in [4.78, 5) is 10.6. The van der Waals surface area contributed by atoms with Gasteiger partial charge in [-0.3, -0.25) is 4.79 Å². The summed E-state index contributed by atoms with van der Waals surface area (Å²) in [5, 5.41) is 18.4. The Morgan fingerprint density at radius 1 is 1.33 bits per heavy atom. The van der Waals surface area contributed by atoms with Gasteiger partial charge in [0, 0.05) is 0 Å². The third-order valence-corrected chi connectivity index (χ3v) is 1.62. The predicted molar refractivity (Wildman–Crippen MR) is 43.0 cm³/mol. The van der Waals surface area contributed by atoms with Crippen LogP contribution in [0.15, 0.2) is 12.1 Å². The highest BCUT2D eigenvalue weighted by Gasteiger charge is 2.12. The number of aromatic hydroxyl groups is 2. The van der Waals surface area contributed by atoms with Gasteiger partial charge in [0.05, 0.1) is 5.56 Å². The highest BCUT2D eigenvalue weighted by atomic mass is 16.3. The molecular weight excluding hydrogens is 158 g/mol. The number of carbonyl (C=O) groups excluding carboxylic acids is 1. The minimum atomic E-state index is -0.761. The number of hydrogen-bond donors (Lipinski definition) is 3. The molecule has 0 radical (unpaired) electrons. The second kappa shape index (κ2) is 2.73. The van der Waals surface area contributed by atoms with Gasteiger partial charge >= 0.3 is 0 Å². The summed E-state index contributed by atoms with van der Waals surface area (Å²) >= 11 is 0. The third-order valence-electron chi connectivity index (χ3n) is 1.62. The zero-order valence-electron chi connectivity index (χ0n) is 6.53. The summed E-state index contributed by atoms with van der Waals surface area (Å²) in [7, 11) is 0. The molecule has 0 saturated carbocycles. The van der Waals surface area contributed by atoms with E-state index < -0.39 is 11.7 Å². The molecule has 4 nitrogen and oxygen atoms in total. The zero-order valence-corrected chi connectivity index (χ0v) is 6.53. The highest BCUT2D eigenvalue weighted by molar-refractivity contribution is 5.96. The molecule has 1 aromatic carbocycles. The minimum absolute atomic E-state index is 0.0712. The predicted octanol–water partition coefficient (Wildman–Crippen LogP) is 0.505. The summed E-state index contributed by atoms with van der Waals surface area (Å²) in [6.07, 6.45) is 0. The number of amides is 1. The SMILES string of the molecule is Cc1ccc(C(N)=O)c(O)c1O. The lowest BCUT2D eigenvalue weighted by atomic mass is 10.1. The number of carbonyl (C=O) groups is 1. The molecule has 0 atom stereocenters. The molecule has 1 rings (SSSR count). The Hall–Kier alpha value is -1.71. The molecule has 0 aliphatic heterocycles. The van der Waals surface area contributed by atoms with E-state index in [1.807, 2.05) is 0 Å². The summed E-state index contributed by atoms with van der Waals surface area (Å²) in [6.45, 7) is 1.61. The fraction of sp³-hybridized carbons (Fsp3) is 0.125. The summed E-state index contributed by atoms with van der Waals surface area (Å²) in [6, 6.07) is 2.88. The fourth-order valence-electron chi connectivity index (χ4n) is 0.879. The van der Waals surface area contributed by atoms with Crippen LogP contribution in [0.3, 0.4) is 0 Å². The molecule has 4 heteroatoms. The molecule has 0 spiro atoms. The first-order chi connectivity index (χ1) is 5.54. The average molecular weight is 167 g/mol. The molecule has 0 heterocycles. The molecular formula is C8H9NO3. The summed E-state index contributed by atoms with van der Waals surface area (Å²) in [5.74, 6) is -1.52. The number of benzene rings is 1. The number of rotatable bonds is 1. The molecule has 12 heavy (non-hydrogen) atoms. The third kappa shape index (κ3) is 1.18. The standard InChI is InChI=1S/C8H9NO3/c1-4-2-3-5(8(9)12)7(11)6(4)10/h2-3,10-11H,1H3,(H2,9,12). The number of nitrogens with two attached hydrogens (primary N) is 1. The van der Waals surface area contributed by atoms with E-state index in [0.717, 1.165) is 0 Å². The van der Waals surface area contributed by atoms with Gasteiger partial charge in [-0.1, -0.05) is 6.07 Å². The van der Waals surface area contributed by atoms with E-state index in [1.165, 1.54) is 12.1 Å². The smallest absolute Gasteiger partial charge is 0.252 e. The Morgan fingerprint density at radius 3 is 2.42 bits per heavy atom. The van der Waals surface area contributed by atoms with Gasteiger partial charge in [-0.05, 0) is 18.6 Å². The summed E-state index contributed by atoms with van der Waals surface area (Å²) < 4.78 is 0. The van der Waals surface area contributed by atoms with Gasteiger partial charge < -0.3 is 15.9 Å². The lowest BCUT2D eigenvalue weighted by molar-refractivity contribution is 0.0997. The van der Waals surface area contributed by atoms with Crippen molar-refractivity contribution >= 4 is 5.91 Å². The summed E-state index contributed by atoms with van der Waals surface area (Å²) in [5.41, 5.74) is 5.35. The molecule has 0 aliphatic rings. The van der Waals surface area contributed by atoms with E-state index in [-0.39, 0.29) is 11.3 Å². The first kappa shape index (κ1) is 8.39. The van der Waals surface area contributed by atoms with Crippen molar-refractivity contribution < 1.29 is 15.0 Å². The number of primary amides is 1. The van der Waals surface area contributed by atoms with E-state index in [1.54, 1.807) is 6.92 Å². The van der Waals surface area contributed by atoms with Crippen LogP contribution in [-0.4, -0.2) is 16.1 Å². The number of hydrogen-bond acceptors (Lipinski definition) is 3. The lowest BCUT2D eigenvalue weighted by Crippen LogP contribution is -2.11. The lowest BCUT2D eigenvalue weighted by Gasteiger charge is -2.04. The van der Waals surface area contributed by atoms with Crippen LogP contribution in [0.5, 0.6) is 11.5 Å². The number of aryl methyl sites for hydroxylation is 1. The van der Waals surface area contributed by atoms with Gasteiger partial charge in [0.1, 0.15) is 0 Å². The van der Waals surface area contributed by atoms with Crippen LogP contribution >= 0.6 is 0 Å². The monoisotopic (exact) mass is 167 g/mol. The van der Waals surface area contributed by atoms with Crippen LogP contribution < -0.4 is 5.73 Å². The van der Waals surface area contributed by atoms with Gasteiger partial charge in [-0.2, -0.15) is 0 Å². The highest BCUT2D eigenvalue weighted by Crippen LogP contribution is 2.31. The average Bonchev–Trinajstić information content (AvgIpc) is 2.00. The molecule has 0 fully saturated rings. The number of phenolic OH excluding ortho intramolecular Hbond substituents is 1. The fourth-order valence-corrected chi connectivity index (χ4v) is 0.879. The normalized spacial score (nSPS) is 9.75. The van der Waals surface area contributed by atoms with Crippen molar-refractivity contribution in [3.8, 4) is 11.5 Å². The van der Waals surface area contributed by atoms with Crippen molar-refractivity contribution in [2.24, 2.45) is 5.73 Å². The Balaban J connectivity index is 3.36. The van der Waals surface area contributed by atoms with E-state index in [2.05, 4.69) is 0 Å². The Kier molecular flexibility index (Phi) is 1.91. The number of phenols is 2. The molecule has 64 valence electrons. The van der Waals surface area contributed by atoms with Crippen molar-refractivity contribution in [1.29, 1.82) is 0 Å². The van der Waals surface area contributed by atoms with E-state index in [0.29, 0.717) is 5.56 Å². The Morgan fingerprint density at radius 2 is 1.92 bits per heavy atom. The van der Waals surface area contributed by atoms with E-state index >= 15 is 0 Å². The minimum Gasteiger partial charge on any atom is -0.504 e.